The molecule has 4 nitrogen and oxygen atoms in total. The first kappa shape index (κ1) is 13.4. The molecule has 0 saturated heterocycles. The number of aliphatic carboxylic acids is 1. The van der Waals surface area contributed by atoms with Crippen molar-refractivity contribution in [2.45, 2.75) is 25.4 Å². The molecule has 0 heterocycles. The second-order valence-corrected chi connectivity index (χ2v) is 3.69. The highest BCUT2D eigenvalue weighted by Crippen LogP contribution is 2.25. The number of benzene rings is 1. The van der Waals surface area contributed by atoms with Gasteiger partial charge in [-0.2, -0.15) is 0 Å². The number of ether oxygens (including phenoxy) is 1. The molecule has 1 aromatic rings. The molecule has 17 heavy (non-hydrogen) atoms. The third-order valence-electron chi connectivity index (χ3n) is 2.43. The summed E-state index contributed by atoms with van der Waals surface area (Å²) >= 11 is 0. The Bertz CT molecular complexity index is 392. The van der Waals surface area contributed by atoms with Crippen LogP contribution in [0.1, 0.15) is 30.9 Å². The Hall–Kier alpha value is -1.62. The van der Waals surface area contributed by atoms with Crippen LogP contribution in [0, 0.1) is 5.82 Å². The summed E-state index contributed by atoms with van der Waals surface area (Å²) in [4.78, 5) is 10.3. The van der Waals surface area contributed by atoms with Crippen molar-refractivity contribution in [1.29, 1.82) is 0 Å². The van der Waals surface area contributed by atoms with Crippen molar-refractivity contribution in [3.63, 3.8) is 0 Å². The summed E-state index contributed by atoms with van der Waals surface area (Å²) in [6.07, 6.45) is -0.493. The summed E-state index contributed by atoms with van der Waals surface area (Å²) < 4.78 is 18.4. The number of carbonyl (C=O) groups is 1. The van der Waals surface area contributed by atoms with E-state index in [0.29, 0.717) is 12.2 Å². The van der Waals surface area contributed by atoms with Gasteiger partial charge in [-0.05, 0) is 25.0 Å². The second kappa shape index (κ2) is 6.20. The first-order chi connectivity index (χ1) is 8.04. The van der Waals surface area contributed by atoms with Crippen LogP contribution in [0.25, 0.3) is 0 Å². The molecule has 2 N–H and O–H groups in total. The van der Waals surface area contributed by atoms with Crippen LogP contribution in [0.15, 0.2) is 18.2 Å². The van der Waals surface area contributed by atoms with Gasteiger partial charge in [0.15, 0.2) is 0 Å². The van der Waals surface area contributed by atoms with Gasteiger partial charge in [0.2, 0.25) is 0 Å². The average Bonchev–Trinajstić information content (AvgIpc) is 2.28. The molecule has 0 amide bonds. The molecule has 5 heteroatoms. The summed E-state index contributed by atoms with van der Waals surface area (Å²) in [6.45, 7) is 0. The molecule has 1 aromatic carbocycles. The minimum atomic E-state index is -0.986. The highest BCUT2D eigenvalue weighted by atomic mass is 19.1. The minimum absolute atomic E-state index is 0.0329. The van der Waals surface area contributed by atoms with E-state index < -0.39 is 17.9 Å². The van der Waals surface area contributed by atoms with Crippen LogP contribution in [-0.2, 0) is 4.79 Å². The van der Waals surface area contributed by atoms with E-state index in [9.17, 15) is 14.3 Å². The monoisotopic (exact) mass is 242 g/mol. The molecule has 1 unspecified atom stereocenters. The molecule has 0 fully saturated rings. The van der Waals surface area contributed by atoms with Crippen molar-refractivity contribution in [3.05, 3.63) is 29.6 Å². The highest BCUT2D eigenvalue weighted by molar-refractivity contribution is 5.66. The van der Waals surface area contributed by atoms with Gasteiger partial charge in [-0.15, -0.1) is 0 Å². The van der Waals surface area contributed by atoms with E-state index >= 15 is 0 Å². The molecule has 94 valence electrons. The van der Waals surface area contributed by atoms with Crippen LogP contribution >= 0.6 is 0 Å². The van der Waals surface area contributed by atoms with Crippen LogP contribution in [0.4, 0.5) is 4.39 Å². The summed E-state index contributed by atoms with van der Waals surface area (Å²) in [6, 6.07) is 4.19. The lowest BCUT2D eigenvalue weighted by Gasteiger charge is -2.12. The normalized spacial score (nSPS) is 12.2. The molecule has 0 aliphatic rings. The number of carboxylic acid groups (broad SMARTS) is 1. The number of halogens is 1. The quantitative estimate of drug-likeness (QED) is 0.801. The maximum absolute atomic E-state index is 13.5. The molecule has 0 aromatic heterocycles. The molecular formula is C12H15FO4. The number of aliphatic hydroxyl groups excluding tert-OH is 1. The zero-order valence-electron chi connectivity index (χ0n) is 9.52. The lowest BCUT2D eigenvalue weighted by molar-refractivity contribution is -0.137. The summed E-state index contributed by atoms with van der Waals surface area (Å²) in [5, 5.41) is 18.2. The minimum Gasteiger partial charge on any atom is -0.497 e. The van der Waals surface area contributed by atoms with Gasteiger partial charge in [-0.25, -0.2) is 4.39 Å². The predicted octanol–water partition coefficient (Wildman–Crippen LogP) is 2.12. The Kier molecular flexibility index (Phi) is 4.90. The van der Waals surface area contributed by atoms with E-state index in [1.54, 1.807) is 6.07 Å². The maximum atomic E-state index is 13.5. The predicted molar refractivity (Wildman–Crippen MR) is 59.4 cm³/mol. The topological polar surface area (TPSA) is 66.8 Å². The van der Waals surface area contributed by atoms with Gasteiger partial charge in [-0.3, -0.25) is 4.79 Å². The van der Waals surface area contributed by atoms with E-state index in [-0.39, 0.29) is 18.4 Å². The largest absolute Gasteiger partial charge is 0.497 e. The third kappa shape index (κ3) is 4.03. The fourth-order valence-electron chi connectivity index (χ4n) is 1.51. The number of hydrogen-bond donors (Lipinski definition) is 2. The van der Waals surface area contributed by atoms with E-state index in [0.717, 1.165) is 0 Å². The first-order valence-corrected chi connectivity index (χ1v) is 5.28. The average molecular weight is 242 g/mol. The van der Waals surface area contributed by atoms with Crippen molar-refractivity contribution in [2.75, 3.05) is 7.11 Å². The van der Waals surface area contributed by atoms with E-state index in [1.807, 2.05) is 0 Å². The molecule has 0 aliphatic carbocycles. The van der Waals surface area contributed by atoms with Crippen molar-refractivity contribution in [1.82, 2.24) is 0 Å². The van der Waals surface area contributed by atoms with Crippen LogP contribution < -0.4 is 4.74 Å². The Morgan fingerprint density at radius 3 is 2.76 bits per heavy atom. The third-order valence-corrected chi connectivity index (χ3v) is 2.43. The van der Waals surface area contributed by atoms with Crippen molar-refractivity contribution >= 4 is 5.97 Å². The van der Waals surface area contributed by atoms with Gasteiger partial charge in [0.1, 0.15) is 11.6 Å². The van der Waals surface area contributed by atoms with Crippen LogP contribution in [0.3, 0.4) is 0 Å². The molecule has 1 rings (SSSR count). The van der Waals surface area contributed by atoms with Gasteiger partial charge in [0.05, 0.1) is 13.2 Å². The molecule has 0 spiro atoms. The van der Waals surface area contributed by atoms with E-state index in [2.05, 4.69) is 0 Å². The summed E-state index contributed by atoms with van der Waals surface area (Å²) in [7, 11) is 1.43. The molecule has 0 saturated carbocycles. The number of hydrogen-bond acceptors (Lipinski definition) is 3. The van der Waals surface area contributed by atoms with Gasteiger partial charge in [-0.1, -0.05) is 0 Å². The molecule has 0 aliphatic heterocycles. The lowest BCUT2D eigenvalue weighted by Crippen LogP contribution is -2.03. The van der Waals surface area contributed by atoms with E-state index in [1.165, 1.54) is 19.2 Å². The Balaban J connectivity index is 2.62. The standard InChI is InChI=1S/C12H15FO4/c1-17-8-5-6-9(10(13)7-8)11(14)3-2-4-12(15)16/h5-7,11,14H,2-4H2,1H3,(H,15,16). The Morgan fingerprint density at radius 1 is 1.53 bits per heavy atom. The van der Waals surface area contributed by atoms with Crippen LogP contribution in [0.5, 0.6) is 5.75 Å². The maximum Gasteiger partial charge on any atom is 0.303 e. The number of carboxylic acids is 1. The number of methoxy groups -OCH3 is 1. The second-order valence-electron chi connectivity index (χ2n) is 3.69. The Morgan fingerprint density at radius 2 is 2.24 bits per heavy atom. The summed E-state index contributed by atoms with van der Waals surface area (Å²) in [5.41, 5.74) is 0.163. The van der Waals surface area contributed by atoms with Crippen LogP contribution in [0.2, 0.25) is 0 Å². The van der Waals surface area contributed by atoms with Crippen LogP contribution in [-0.4, -0.2) is 23.3 Å². The highest BCUT2D eigenvalue weighted by Gasteiger charge is 2.13. The van der Waals surface area contributed by atoms with Gasteiger partial charge < -0.3 is 14.9 Å². The van der Waals surface area contributed by atoms with Crippen molar-refractivity contribution < 1.29 is 24.1 Å². The molecular weight excluding hydrogens is 227 g/mol. The van der Waals surface area contributed by atoms with Crippen molar-refractivity contribution in [2.24, 2.45) is 0 Å². The number of aliphatic hydroxyl groups is 1. The van der Waals surface area contributed by atoms with E-state index in [4.69, 9.17) is 9.84 Å². The fourth-order valence-corrected chi connectivity index (χ4v) is 1.51. The lowest BCUT2D eigenvalue weighted by atomic mass is 10.0. The molecule has 0 bridgehead atoms. The first-order valence-electron chi connectivity index (χ1n) is 5.28. The number of rotatable bonds is 6. The van der Waals surface area contributed by atoms with Gasteiger partial charge in [0.25, 0.3) is 0 Å². The zero-order valence-corrected chi connectivity index (χ0v) is 9.52. The van der Waals surface area contributed by atoms with Gasteiger partial charge >= 0.3 is 5.97 Å². The zero-order chi connectivity index (χ0) is 12.8. The fraction of sp³-hybridized carbons (Fsp3) is 0.417. The van der Waals surface area contributed by atoms with Gasteiger partial charge in [0, 0.05) is 18.1 Å². The molecule has 1 atom stereocenters. The molecule has 0 radical (unpaired) electrons. The summed E-state index contributed by atoms with van der Waals surface area (Å²) in [5.74, 6) is -1.09. The SMILES string of the molecule is COc1ccc(C(O)CCCC(=O)O)c(F)c1. The van der Waals surface area contributed by atoms with Crippen molar-refractivity contribution in [3.8, 4) is 5.75 Å². The Labute approximate surface area is 98.7 Å². The smallest absolute Gasteiger partial charge is 0.303 e.